The highest BCUT2D eigenvalue weighted by molar-refractivity contribution is 7.10. The summed E-state index contributed by atoms with van der Waals surface area (Å²) in [4.78, 5) is 17.3. The zero-order chi connectivity index (χ0) is 22.7. The number of hydrogen-bond acceptors (Lipinski definition) is 6. The minimum atomic E-state index is -0.882. The first-order chi connectivity index (χ1) is 15.4. The molecule has 1 aliphatic rings. The molecule has 3 heterocycles. The summed E-state index contributed by atoms with van der Waals surface area (Å²) in [7, 11) is 0. The highest BCUT2D eigenvalue weighted by Gasteiger charge is 2.31. The Balaban J connectivity index is 1.49. The molecule has 0 amide bonds. The van der Waals surface area contributed by atoms with E-state index in [4.69, 9.17) is 0 Å². The van der Waals surface area contributed by atoms with Crippen molar-refractivity contribution in [3.63, 3.8) is 0 Å². The van der Waals surface area contributed by atoms with Gasteiger partial charge in [-0.05, 0) is 48.6 Å². The Labute approximate surface area is 193 Å². The zero-order valence-electron chi connectivity index (χ0n) is 18.6. The van der Waals surface area contributed by atoms with E-state index >= 15 is 0 Å². The predicted octanol–water partition coefficient (Wildman–Crippen LogP) is 4.85. The molecule has 32 heavy (non-hydrogen) atoms. The topological polar surface area (TPSA) is 86.3 Å². The number of nitrogens with zero attached hydrogens (tertiary/aromatic N) is 1. The molecular weight excluding hydrogens is 420 g/mol. The lowest BCUT2D eigenvalue weighted by Crippen LogP contribution is -2.45. The molecule has 3 atom stereocenters. The normalized spacial score (nSPS) is 17.5. The van der Waals surface area contributed by atoms with Crippen LogP contribution in [0.1, 0.15) is 48.7 Å². The molecule has 0 saturated heterocycles. The van der Waals surface area contributed by atoms with Gasteiger partial charge in [0.25, 0.3) is 0 Å². The van der Waals surface area contributed by atoms with Gasteiger partial charge in [0.05, 0.1) is 23.2 Å². The first-order valence-electron chi connectivity index (χ1n) is 10.9. The number of thiophene rings is 1. The lowest BCUT2D eigenvalue weighted by Gasteiger charge is -2.34. The molecule has 1 aliphatic heterocycles. The van der Waals surface area contributed by atoms with Crippen LogP contribution >= 0.6 is 11.3 Å². The Morgan fingerprint density at radius 2 is 2.06 bits per heavy atom. The summed E-state index contributed by atoms with van der Waals surface area (Å²) < 4.78 is 0. The van der Waals surface area contributed by atoms with Crippen molar-refractivity contribution in [2.45, 2.75) is 44.2 Å². The van der Waals surface area contributed by atoms with Crippen LogP contribution in [-0.4, -0.2) is 35.2 Å². The van der Waals surface area contributed by atoms with Crippen LogP contribution < -0.4 is 16.0 Å². The van der Waals surface area contributed by atoms with E-state index in [1.165, 1.54) is 10.4 Å². The Morgan fingerprint density at radius 1 is 1.28 bits per heavy atom. The summed E-state index contributed by atoms with van der Waals surface area (Å²) in [5.74, 6) is 0.325. The molecule has 6 nitrogen and oxygen atoms in total. The van der Waals surface area contributed by atoms with E-state index in [9.17, 15) is 9.90 Å². The maximum atomic E-state index is 11.6. The molecule has 0 fully saturated rings. The largest absolute Gasteiger partial charge is 0.481 e. The van der Waals surface area contributed by atoms with Gasteiger partial charge in [0.15, 0.2) is 0 Å². The van der Waals surface area contributed by atoms with E-state index in [0.717, 1.165) is 30.2 Å². The smallest absolute Gasteiger partial charge is 0.313 e. The van der Waals surface area contributed by atoms with Gasteiger partial charge >= 0.3 is 5.97 Å². The summed E-state index contributed by atoms with van der Waals surface area (Å²) in [5.41, 5.74) is 2.22. The molecule has 0 spiro atoms. The Bertz CT molecular complexity index is 1070. The second-order valence-electron chi connectivity index (χ2n) is 8.90. The number of carboxylic acids is 1. The summed E-state index contributed by atoms with van der Waals surface area (Å²) in [6.07, 6.45) is 1.80. The van der Waals surface area contributed by atoms with E-state index in [2.05, 4.69) is 52.1 Å². The minimum Gasteiger partial charge on any atom is -0.481 e. The zero-order valence-corrected chi connectivity index (χ0v) is 19.4. The summed E-state index contributed by atoms with van der Waals surface area (Å²) in [6.45, 7) is 7.25. The van der Waals surface area contributed by atoms with E-state index in [1.807, 2.05) is 29.6 Å². The summed E-state index contributed by atoms with van der Waals surface area (Å²) in [5, 5.41) is 22.4. The average molecular weight is 451 g/mol. The molecule has 0 unspecified atom stereocenters. The van der Waals surface area contributed by atoms with Crippen molar-refractivity contribution in [1.82, 2.24) is 10.3 Å². The predicted molar refractivity (Wildman–Crippen MR) is 131 cm³/mol. The molecule has 0 radical (unpaired) electrons. The first-order valence-corrected chi connectivity index (χ1v) is 11.8. The van der Waals surface area contributed by atoms with Gasteiger partial charge < -0.3 is 21.1 Å². The average Bonchev–Trinajstić information content (AvgIpc) is 3.31. The fourth-order valence-electron chi connectivity index (χ4n) is 3.93. The quantitative estimate of drug-likeness (QED) is 0.393. The summed E-state index contributed by atoms with van der Waals surface area (Å²) in [6, 6.07) is 16.7. The minimum absolute atomic E-state index is 0.0937. The number of benzene rings is 1. The van der Waals surface area contributed by atoms with Gasteiger partial charge in [0, 0.05) is 30.1 Å². The number of anilines is 2. The standard InChI is InChI=1S/C25H30N4O2S/c1-16(21-12-18(15-32-21)25(2,3)24(30)31)13-28-22(17-8-5-4-6-9-17)20-14-27-19-10-7-11-26-23(19)29-20/h4-12,15-16,20,22,27-28H,13-14H2,1-3H3,(H,26,29)(H,30,31)/t16-,20-,22-/m1/s1. The van der Waals surface area contributed by atoms with Gasteiger partial charge in [0.2, 0.25) is 0 Å². The molecule has 168 valence electrons. The lowest BCUT2D eigenvalue weighted by molar-refractivity contribution is -0.142. The number of nitrogens with one attached hydrogen (secondary N) is 3. The highest BCUT2D eigenvalue weighted by Crippen LogP contribution is 2.33. The van der Waals surface area contributed by atoms with Crippen LogP contribution in [0.4, 0.5) is 11.5 Å². The van der Waals surface area contributed by atoms with Crippen LogP contribution in [0.15, 0.2) is 60.1 Å². The molecule has 0 bridgehead atoms. The summed E-state index contributed by atoms with van der Waals surface area (Å²) >= 11 is 1.63. The fourth-order valence-corrected chi connectivity index (χ4v) is 5.07. The third kappa shape index (κ3) is 4.64. The van der Waals surface area contributed by atoms with Crippen LogP contribution in [0, 0.1) is 0 Å². The van der Waals surface area contributed by atoms with Gasteiger partial charge in [0.1, 0.15) is 5.82 Å². The number of hydrogen-bond donors (Lipinski definition) is 4. The maximum Gasteiger partial charge on any atom is 0.313 e. The van der Waals surface area contributed by atoms with Gasteiger partial charge in [-0.25, -0.2) is 4.98 Å². The van der Waals surface area contributed by atoms with Crippen LogP contribution in [0.25, 0.3) is 0 Å². The van der Waals surface area contributed by atoms with Crippen molar-refractivity contribution in [3.8, 4) is 0 Å². The SMILES string of the molecule is C[C@H](CN[C@H](c1ccccc1)[C@H]1CNc2cccnc2N1)c1cc(C(C)(C)C(=O)O)cs1. The molecule has 0 saturated carbocycles. The maximum absolute atomic E-state index is 11.6. The van der Waals surface area contributed by atoms with Crippen molar-refractivity contribution in [3.05, 3.63) is 76.1 Å². The van der Waals surface area contributed by atoms with E-state index in [-0.39, 0.29) is 18.0 Å². The second-order valence-corrected chi connectivity index (χ2v) is 9.84. The van der Waals surface area contributed by atoms with E-state index < -0.39 is 11.4 Å². The van der Waals surface area contributed by atoms with Gasteiger partial charge in [-0.2, -0.15) is 0 Å². The van der Waals surface area contributed by atoms with E-state index in [0.29, 0.717) is 0 Å². The molecular formula is C25H30N4O2S. The number of fused-ring (bicyclic) bond motifs is 1. The number of aliphatic carboxylic acids is 1. The van der Waals surface area contributed by atoms with Crippen LogP contribution in [0.3, 0.4) is 0 Å². The number of carbonyl (C=O) groups is 1. The number of rotatable bonds is 8. The second kappa shape index (κ2) is 9.30. The Morgan fingerprint density at radius 3 is 2.81 bits per heavy atom. The molecule has 1 aromatic carbocycles. The van der Waals surface area contributed by atoms with Crippen molar-refractivity contribution in [2.24, 2.45) is 0 Å². The lowest BCUT2D eigenvalue weighted by atomic mass is 9.86. The van der Waals surface area contributed by atoms with E-state index in [1.54, 1.807) is 31.4 Å². The van der Waals surface area contributed by atoms with Gasteiger partial charge in [-0.3, -0.25) is 4.79 Å². The monoisotopic (exact) mass is 450 g/mol. The Hall–Kier alpha value is -2.90. The third-order valence-electron chi connectivity index (χ3n) is 6.21. The molecule has 4 N–H and O–H groups in total. The fraction of sp³-hybridized carbons (Fsp3) is 0.360. The molecule has 2 aromatic heterocycles. The number of carboxylic acid groups (broad SMARTS) is 1. The van der Waals surface area contributed by atoms with Crippen molar-refractivity contribution in [2.75, 3.05) is 23.7 Å². The van der Waals surface area contributed by atoms with Crippen molar-refractivity contribution < 1.29 is 9.90 Å². The van der Waals surface area contributed by atoms with Gasteiger partial charge in [-0.15, -0.1) is 11.3 Å². The Kier molecular flexibility index (Phi) is 6.48. The van der Waals surface area contributed by atoms with Crippen LogP contribution in [0.5, 0.6) is 0 Å². The van der Waals surface area contributed by atoms with Crippen LogP contribution in [-0.2, 0) is 10.2 Å². The molecule has 4 rings (SSSR count). The number of pyridine rings is 1. The molecule has 3 aromatic rings. The first kappa shape index (κ1) is 22.3. The highest BCUT2D eigenvalue weighted by atomic mass is 32.1. The molecule has 7 heteroatoms. The third-order valence-corrected chi connectivity index (χ3v) is 7.37. The van der Waals surface area contributed by atoms with Crippen molar-refractivity contribution in [1.29, 1.82) is 0 Å². The number of aromatic nitrogens is 1. The van der Waals surface area contributed by atoms with Gasteiger partial charge in [-0.1, -0.05) is 37.3 Å². The van der Waals surface area contributed by atoms with Crippen molar-refractivity contribution >= 4 is 28.8 Å². The van der Waals surface area contributed by atoms with Crippen LogP contribution in [0.2, 0.25) is 0 Å². The molecule has 0 aliphatic carbocycles.